The quantitative estimate of drug-likeness (QED) is 0.602. The normalized spacial score (nSPS) is 27.0. The topological polar surface area (TPSA) is 12.0 Å². The van der Waals surface area contributed by atoms with Crippen LogP contribution >= 0.6 is 0 Å². The first-order valence-electron chi connectivity index (χ1n) is 7.95. The van der Waals surface area contributed by atoms with Gasteiger partial charge < -0.3 is 5.32 Å². The number of rotatable bonds is 8. The lowest BCUT2D eigenvalue weighted by Crippen LogP contribution is -2.33. The van der Waals surface area contributed by atoms with Crippen molar-refractivity contribution in [1.82, 2.24) is 5.32 Å². The van der Waals surface area contributed by atoms with Gasteiger partial charge in [0.1, 0.15) is 0 Å². The second-order valence-electron chi connectivity index (χ2n) is 6.30. The zero-order valence-electron chi connectivity index (χ0n) is 12.3. The minimum absolute atomic E-state index is 0.726. The van der Waals surface area contributed by atoms with E-state index in [1.807, 2.05) is 0 Å². The van der Waals surface area contributed by atoms with Gasteiger partial charge in [0.25, 0.3) is 0 Å². The summed E-state index contributed by atoms with van der Waals surface area (Å²) in [5, 5.41) is 3.75. The first-order chi connectivity index (χ1) is 8.22. The Balaban J connectivity index is 2.00. The lowest BCUT2D eigenvalue weighted by molar-refractivity contribution is 0.266. The molecule has 1 fully saturated rings. The molecular formula is C16H33N. The van der Waals surface area contributed by atoms with Crippen LogP contribution in [0.15, 0.2) is 0 Å². The number of hydrogen-bond acceptors (Lipinski definition) is 1. The van der Waals surface area contributed by atoms with Crippen LogP contribution in [0.3, 0.4) is 0 Å². The molecule has 1 heteroatoms. The standard InChI is InChI=1S/C16H33N/c1-4-5-6-7-10-15(3)17-13-16-11-8-9-14(2)12-16/h14-17H,4-13H2,1-3H3. The summed E-state index contributed by atoms with van der Waals surface area (Å²) in [5.41, 5.74) is 0. The van der Waals surface area contributed by atoms with Crippen LogP contribution in [0.2, 0.25) is 0 Å². The molecule has 1 aliphatic carbocycles. The van der Waals surface area contributed by atoms with Gasteiger partial charge in [-0.1, -0.05) is 52.4 Å². The van der Waals surface area contributed by atoms with Crippen LogP contribution in [0.5, 0.6) is 0 Å². The van der Waals surface area contributed by atoms with E-state index in [9.17, 15) is 0 Å². The largest absolute Gasteiger partial charge is 0.314 e. The summed E-state index contributed by atoms with van der Waals surface area (Å²) >= 11 is 0. The average Bonchev–Trinajstić information content (AvgIpc) is 2.32. The molecule has 102 valence electrons. The van der Waals surface area contributed by atoms with Crippen molar-refractivity contribution in [2.24, 2.45) is 11.8 Å². The lowest BCUT2D eigenvalue weighted by atomic mass is 9.82. The van der Waals surface area contributed by atoms with Crippen LogP contribution in [-0.4, -0.2) is 12.6 Å². The maximum atomic E-state index is 3.75. The molecule has 1 saturated carbocycles. The highest BCUT2D eigenvalue weighted by molar-refractivity contribution is 4.73. The third kappa shape index (κ3) is 7.08. The summed E-state index contributed by atoms with van der Waals surface area (Å²) < 4.78 is 0. The van der Waals surface area contributed by atoms with Crippen molar-refractivity contribution in [2.75, 3.05) is 6.54 Å². The minimum atomic E-state index is 0.726. The molecular weight excluding hydrogens is 206 g/mol. The smallest absolute Gasteiger partial charge is 0.00388 e. The Labute approximate surface area is 109 Å². The molecule has 0 amide bonds. The average molecular weight is 239 g/mol. The summed E-state index contributed by atoms with van der Waals surface area (Å²) in [5.74, 6) is 1.92. The number of hydrogen-bond donors (Lipinski definition) is 1. The van der Waals surface area contributed by atoms with Gasteiger partial charge in [0.15, 0.2) is 0 Å². The number of unbranched alkanes of at least 4 members (excludes halogenated alkanes) is 3. The predicted molar refractivity (Wildman–Crippen MR) is 77.3 cm³/mol. The Hall–Kier alpha value is -0.0400. The lowest BCUT2D eigenvalue weighted by Gasteiger charge is -2.28. The van der Waals surface area contributed by atoms with Gasteiger partial charge in [-0.2, -0.15) is 0 Å². The van der Waals surface area contributed by atoms with Crippen LogP contribution in [0.1, 0.15) is 78.6 Å². The fourth-order valence-corrected chi connectivity index (χ4v) is 3.09. The predicted octanol–water partition coefficient (Wildman–Crippen LogP) is 4.76. The zero-order valence-corrected chi connectivity index (χ0v) is 12.3. The van der Waals surface area contributed by atoms with Gasteiger partial charge in [0.2, 0.25) is 0 Å². The SMILES string of the molecule is CCCCCCC(C)NCC1CCCC(C)C1. The van der Waals surface area contributed by atoms with E-state index >= 15 is 0 Å². The van der Waals surface area contributed by atoms with E-state index < -0.39 is 0 Å². The Kier molecular flexibility index (Phi) is 7.92. The van der Waals surface area contributed by atoms with Crippen molar-refractivity contribution in [1.29, 1.82) is 0 Å². The van der Waals surface area contributed by atoms with Crippen LogP contribution < -0.4 is 5.32 Å². The van der Waals surface area contributed by atoms with E-state index in [4.69, 9.17) is 0 Å². The van der Waals surface area contributed by atoms with Crippen LogP contribution in [0.25, 0.3) is 0 Å². The monoisotopic (exact) mass is 239 g/mol. The van der Waals surface area contributed by atoms with Crippen molar-refractivity contribution in [3.05, 3.63) is 0 Å². The second kappa shape index (κ2) is 8.97. The first-order valence-corrected chi connectivity index (χ1v) is 7.95. The van der Waals surface area contributed by atoms with Crippen molar-refractivity contribution in [2.45, 2.75) is 84.6 Å². The molecule has 0 aromatic rings. The highest BCUT2D eigenvalue weighted by Gasteiger charge is 2.18. The van der Waals surface area contributed by atoms with Gasteiger partial charge in [-0.3, -0.25) is 0 Å². The molecule has 17 heavy (non-hydrogen) atoms. The van der Waals surface area contributed by atoms with Crippen molar-refractivity contribution < 1.29 is 0 Å². The fourth-order valence-electron chi connectivity index (χ4n) is 3.09. The van der Waals surface area contributed by atoms with E-state index in [-0.39, 0.29) is 0 Å². The van der Waals surface area contributed by atoms with E-state index in [0.717, 1.165) is 17.9 Å². The molecule has 1 nitrogen and oxygen atoms in total. The summed E-state index contributed by atoms with van der Waals surface area (Å²) in [4.78, 5) is 0. The van der Waals surface area contributed by atoms with Gasteiger partial charge >= 0.3 is 0 Å². The van der Waals surface area contributed by atoms with Crippen molar-refractivity contribution in [3.63, 3.8) is 0 Å². The number of nitrogens with one attached hydrogen (secondary N) is 1. The van der Waals surface area contributed by atoms with Crippen molar-refractivity contribution in [3.8, 4) is 0 Å². The van der Waals surface area contributed by atoms with Crippen molar-refractivity contribution >= 4 is 0 Å². The fraction of sp³-hybridized carbons (Fsp3) is 1.00. The minimum Gasteiger partial charge on any atom is -0.314 e. The maximum Gasteiger partial charge on any atom is 0.00388 e. The van der Waals surface area contributed by atoms with Gasteiger partial charge in [-0.15, -0.1) is 0 Å². The van der Waals surface area contributed by atoms with E-state index in [1.54, 1.807) is 0 Å². The molecule has 3 atom stereocenters. The van der Waals surface area contributed by atoms with E-state index in [1.165, 1.54) is 64.3 Å². The molecule has 1 N–H and O–H groups in total. The van der Waals surface area contributed by atoms with Gasteiger partial charge in [0.05, 0.1) is 0 Å². The molecule has 0 bridgehead atoms. The summed E-state index contributed by atoms with van der Waals surface area (Å²) in [6, 6.07) is 0.726. The molecule has 3 unspecified atom stereocenters. The molecule has 0 radical (unpaired) electrons. The zero-order chi connectivity index (χ0) is 12.5. The van der Waals surface area contributed by atoms with E-state index in [0.29, 0.717) is 0 Å². The Bertz CT molecular complexity index is 178. The van der Waals surface area contributed by atoms with Crippen LogP contribution in [-0.2, 0) is 0 Å². The molecule has 0 heterocycles. The third-order valence-corrected chi connectivity index (χ3v) is 4.29. The molecule has 1 aliphatic rings. The van der Waals surface area contributed by atoms with Gasteiger partial charge in [0, 0.05) is 6.04 Å². The second-order valence-corrected chi connectivity index (χ2v) is 6.30. The maximum absolute atomic E-state index is 3.75. The Morgan fingerprint density at radius 3 is 2.71 bits per heavy atom. The van der Waals surface area contributed by atoms with E-state index in [2.05, 4.69) is 26.1 Å². The van der Waals surface area contributed by atoms with Gasteiger partial charge in [-0.05, 0) is 44.6 Å². The van der Waals surface area contributed by atoms with Crippen LogP contribution in [0, 0.1) is 11.8 Å². The molecule has 0 aliphatic heterocycles. The third-order valence-electron chi connectivity index (χ3n) is 4.29. The molecule has 0 aromatic carbocycles. The summed E-state index contributed by atoms with van der Waals surface area (Å²) in [6.07, 6.45) is 12.8. The molecule has 0 spiro atoms. The van der Waals surface area contributed by atoms with Crippen LogP contribution in [0.4, 0.5) is 0 Å². The summed E-state index contributed by atoms with van der Waals surface area (Å²) in [6.45, 7) is 8.32. The highest BCUT2D eigenvalue weighted by atomic mass is 14.9. The Morgan fingerprint density at radius 2 is 2.00 bits per heavy atom. The van der Waals surface area contributed by atoms with Gasteiger partial charge in [-0.25, -0.2) is 0 Å². The Morgan fingerprint density at radius 1 is 1.18 bits per heavy atom. The summed E-state index contributed by atoms with van der Waals surface area (Å²) in [7, 11) is 0. The highest BCUT2D eigenvalue weighted by Crippen LogP contribution is 2.28. The molecule has 0 saturated heterocycles. The molecule has 1 rings (SSSR count). The first kappa shape index (κ1) is 15.0. The molecule has 0 aromatic heterocycles.